The van der Waals surface area contributed by atoms with E-state index in [1.165, 1.54) is 11.7 Å². The number of rotatable bonds is 5. The Morgan fingerprint density at radius 3 is 2.57 bits per heavy atom. The van der Waals surface area contributed by atoms with Crippen LogP contribution in [0.3, 0.4) is 0 Å². The topological polar surface area (TPSA) is 108 Å². The van der Waals surface area contributed by atoms with Crippen LogP contribution < -0.4 is 20.9 Å². The number of methoxy groups -OCH3 is 1. The molecule has 1 spiro atoms. The molecule has 2 heterocycles. The molecule has 1 saturated heterocycles. The summed E-state index contributed by atoms with van der Waals surface area (Å²) in [5.74, 6) is -0.307. The van der Waals surface area contributed by atoms with Crippen LogP contribution in [0.25, 0.3) is 10.9 Å². The fourth-order valence-corrected chi connectivity index (χ4v) is 5.29. The summed E-state index contributed by atoms with van der Waals surface area (Å²) in [7, 11) is 1.42. The second kappa shape index (κ2) is 6.55. The molecule has 3 N–H and O–H groups in total. The number of aryl methyl sites for hydroxylation is 1. The number of halogens is 1. The average Bonchev–Trinajstić information content (AvgIpc) is 3.58. The first-order chi connectivity index (χ1) is 14.3. The van der Waals surface area contributed by atoms with Crippen molar-refractivity contribution in [1.82, 2.24) is 9.55 Å². The van der Waals surface area contributed by atoms with E-state index in [9.17, 15) is 19.8 Å². The Kier molecular flexibility index (Phi) is 4.27. The molecule has 2 aromatic rings. The minimum Gasteiger partial charge on any atom is -0.492 e. The van der Waals surface area contributed by atoms with Crippen LogP contribution in [0, 0.1) is 24.1 Å². The number of hydrogen-bond donors (Lipinski definition) is 3. The maximum Gasteiger partial charge on any atom is 0.329 e. The zero-order valence-electron chi connectivity index (χ0n) is 17.1. The molecule has 3 aliphatic rings. The van der Waals surface area contributed by atoms with Gasteiger partial charge in [-0.25, -0.2) is 9.18 Å². The fraction of sp³-hybridized carbons (Fsp3) is 0.619. The van der Waals surface area contributed by atoms with Crippen LogP contribution in [0.5, 0.6) is 5.75 Å². The van der Waals surface area contributed by atoms with E-state index in [1.54, 1.807) is 6.92 Å². The van der Waals surface area contributed by atoms with Crippen molar-refractivity contribution in [1.29, 1.82) is 0 Å². The molecule has 1 unspecified atom stereocenters. The van der Waals surface area contributed by atoms with Gasteiger partial charge < -0.3 is 19.8 Å². The third-order valence-electron chi connectivity index (χ3n) is 7.12. The van der Waals surface area contributed by atoms with E-state index < -0.39 is 23.4 Å². The van der Waals surface area contributed by atoms with E-state index in [1.807, 2.05) is 4.90 Å². The molecule has 1 aromatic heterocycles. The SMILES string of the molecule is COc1c(N2CC(CC(O)O)C3(CC3)C2)c(F)c(C)c2c(=O)[nH]c(=O)n(C3CC3)c12. The van der Waals surface area contributed by atoms with Gasteiger partial charge in [0.2, 0.25) is 0 Å². The number of aliphatic hydroxyl groups excluding tert-OH is 1. The molecular weight excluding hydrogens is 393 g/mol. The van der Waals surface area contributed by atoms with Crippen LogP contribution in [0.1, 0.15) is 43.7 Å². The molecule has 1 atom stereocenters. The highest BCUT2D eigenvalue weighted by Crippen LogP contribution is 2.59. The highest BCUT2D eigenvalue weighted by Gasteiger charge is 2.55. The fourth-order valence-electron chi connectivity index (χ4n) is 5.29. The molecule has 3 fully saturated rings. The molecular formula is C21H26FN3O5. The molecule has 2 aliphatic carbocycles. The highest BCUT2D eigenvalue weighted by molar-refractivity contribution is 5.93. The van der Waals surface area contributed by atoms with Gasteiger partial charge >= 0.3 is 5.69 Å². The van der Waals surface area contributed by atoms with Crippen molar-refractivity contribution < 1.29 is 19.3 Å². The van der Waals surface area contributed by atoms with Gasteiger partial charge in [0, 0.05) is 31.1 Å². The van der Waals surface area contributed by atoms with Gasteiger partial charge in [-0.2, -0.15) is 0 Å². The number of benzene rings is 1. The standard InChI is InChI=1S/C21H26FN3O5/c1-10-14-16(25(12-3-4-12)20(29)23-19(14)28)18(30-2)17(15(10)22)24-8-11(7-13(26)27)21(9-24)5-6-21/h11-13,26-27H,3-9H2,1-2H3,(H,23,28,29). The van der Waals surface area contributed by atoms with Crippen LogP contribution >= 0.6 is 0 Å². The minimum absolute atomic E-state index is 0.0300. The summed E-state index contributed by atoms with van der Waals surface area (Å²) in [6.45, 7) is 2.60. The number of aliphatic hydroxyl groups is 2. The molecule has 0 radical (unpaired) electrons. The van der Waals surface area contributed by atoms with Gasteiger partial charge in [0.25, 0.3) is 5.56 Å². The molecule has 5 rings (SSSR count). The molecule has 30 heavy (non-hydrogen) atoms. The smallest absolute Gasteiger partial charge is 0.329 e. The lowest BCUT2D eigenvalue weighted by atomic mass is 9.90. The largest absolute Gasteiger partial charge is 0.492 e. The van der Waals surface area contributed by atoms with Gasteiger partial charge in [0.05, 0.1) is 12.5 Å². The monoisotopic (exact) mass is 419 g/mol. The zero-order chi connectivity index (χ0) is 21.4. The number of fused-ring (bicyclic) bond motifs is 1. The van der Waals surface area contributed by atoms with Crippen LogP contribution in [0.15, 0.2) is 9.59 Å². The first kappa shape index (κ1) is 19.6. The third-order valence-corrected chi connectivity index (χ3v) is 7.12. The van der Waals surface area contributed by atoms with Gasteiger partial charge in [0.15, 0.2) is 17.9 Å². The van der Waals surface area contributed by atoms with Gasteiger partial charge in [-0.05, 0) is 43.9 Å². The Morgan fingerprint density at radius 2 is 2.00 bits per heavy atom. The van der Waals surface area contributed by atoms with Crippen molar-refractivity contribution in [3.63, 3.8) is 0 Å². The summed E-state index contributed by atoms with van der Waals surface area (Å²) in [6.07, 6.45) is 2.39. The van der Waals surface area contributed by atoms with E-state index in [2.05, 4.69) is 4.98 Å². The second-order valence-corrected chi connectivity index (χ2v) is 9.06. The lowest BCUT2D eigenvalue weighted by Crippen LogP contribution is -2.32. The molecule has 1 aliphatic heterocycles. The van der Waals surface area contributed by atoms with Crippen molar-refractivity contribution in [2.75, 3.05) is 25.1 Å². The predicted octanol–water partition coefficient (Wildman–Crippen LogP) is 1.40. The molecule has 1 aromatic carbocycles. The van der Waals surface area contributed by atoms with Crippen molar-refractivity contribution in [3.8, 4) is 5.75 Å². The summed E-state index contributed by atoms with van der Waals surface area (Å²) in [5, 5.41) is 19.1. The Hall–Kier alpha value is -2.39. The van der Waals surface area contributed by atoms with E-state index in [4.69, 9.17) is 4.74 Å². The first-order valence-electron chi connectivity index (χ1n) is 10.4. The lowest BCUT2D eigenvalue weighted by Gasteiger charge is -2.25. The minimum atomic E-state index is -1.41. The average molecular weight is 419 g/mol. The van der Waals surface area contributed by atoms with Gasteiger partial charge in [-0.3, -0.25) is 14.3 Å². The Morgan fingerprint density at radius 1 is 1.30 bits per heavy atom. The molecule has 9 heteroatoms. The summed E-state index contributed by atoms with van der Waals surface area (Å²) in [6, 6.07) is -0.0332. The van der Waals surface area contributed by atoms with Gasteiger partial charge in [-0.15, -0.1) is 0 Å². The van der Waals surface area contributed by atoms with Crippen molar-refractivity contribution in [2.24, 2.45) is 11.3 Å². The quantitative estimate of drug-likeness (QED) is 0.633. The first-order valence-corrected chi connectivity index (χ1v) is 10.4. The Labute approximate surface area is 171 Å². The molecule has 8 nitrogen and oxygen atoms in total. The summed E-state index contributed by atoms with van der Waals surface area (Å²) >= 11 is 0. The number of nitrogens with zero attached hydrogens (tertiary/aromatic N) is 2. The van der Waals surface area contributed by atoms with Crippen molar-refractivity contribution in [3.05, 3.63) is 32.2 Å². The summed E-state index contributed by atoms with van der Waals surface area (Å²) in [4.78, 5) is 29.4. The number of hydrogen-bond acceptors (Lipinski definition) is 6. The molecule has 0 bridgehead atoms. The number of H-pyrrole nitrogens is 1. The van der Waals surface area contributed by atoms with Gasteiger partial charge in [0.1, 0.15) is 11.2 Å². The number of ether oxygens (including phenoxy) is 1. The van der Waals surface area contributed by atoms with E-state index in [0.717, 1.165) is 25.7 Å². The normalized spacial score (nSPS) is 22.5. The van der Waals surface area contributed by atoms with E-state index >= 15 is 4.39 Å². The molecule has 0 amide bonds. The number of aromatic nitrogens is 2. The number of anilines is 1. The number of aromatic amines is 1. The third kappa shape index (κ3) is 2.79. The Bertz CT molecular complexity index is 1150. The summed E-state index contributed by atoms with van der Waals surface area (Å²) in [5.41, 5.74) is -0.386. The van der Waals surface area contributed by atoms with Crippen LogP contribution in [-0.4, -0.2) is 46.3 Å². The van der Waals surface area contributed by atoms with Gasteiger partial charge in [-0.1, -0.05) is 0 Å². The zero-order valence-corrected chi connectivity index (χ0v) is 17.1. The maximum atomic E-state index is 15.7. The van der Waals surface area contributed by atoms with Crippen LogP contribution in [0.2, 0.25) is 0 Å². The lowest BCUT2D eigenvalue weighted by molar-refractivity contribution is -0.0588. The molecule has 2 saturated carbocycles. The van der Waals surface area contributed by atoms with Crippen LogP contribution in [0.4, 0.5) is 10.1 Å². The Balaban J connectivity index is 1.74. The predicted molar refractivity (Wildman–Crippen MR) is 109 cm³/mol. The van der Waals surface area contributed by atoms with Crippen molar-refractivity contribution in [2.45, 2.75) is 51.4 Å². The second-order valence-electron chi connectivity index (χ2n) is 9.06. The highest BCUT2D eigenvalue weighted by atomic mass is 19.1. The van der Waals surface area contributed by atoms with Crippen LogP contribution in [-0.2, 0) is 0 Å². The number of nitrogens with one attached hydrogen (secondary N) is 1. The van der Waals surface area contributed by atoms with Crippen molar-refractivity contribution >= 4 is 16.6 Å². The molecule has 162 valence electrons. The van der Waals surface area contributed by atoms with E-state index in [-0.39, 0.29) is 46.2 Å². The summed E-state index contributed by atoms with van der Waals surface area (Å²) < 4.78 is 22.8. The van der Waals surface area contributed by atoms with E-state index in [0.29, 0.717) is 18.6 Å². The maximum absolute atomic E-state index is 15.7.